The lowest BCUT2D eigenvalue weighted by atomic mass is 9.87. The van der Waals surface area contributed by atoms with Gasteiger partial charge < -0.3 is 5.32 Å². The van der Waals surface area contributed by atoms with Gasteiger partial charge >= 0.3 is 0 Å². The molecule has 1 aromatic carbocycles. The van der Waals surface area contributed by atoms with E-state index in [4.69, 9.17) is 0 Å². The molecule has 0 radical (unpaired) electrons. The number of benzene rings is 1. The van der Waals surface area contributed by atoms with Gasteiger partial charge in [0.05, 0.1) is 0 Å². The number of hydrogen-bond donors (Lipinski definition) is 1. The van der Waals surface area contributed by atoms with Crippen LogP contribution in [0.5, 0.6) is 0 Å². The Morgan fingerprint density at radius 1 is 1.11 bits per heavy atom. The quantitative estimate of drug-likeness (QED) is 0.547. The second-order valence-electron chi connectivity index (χ2n) is 5.73. The summed E-state index contributed by atoms with van der Waals surface area (Å²) in [6.45, 7) is 3.39. The van der Waals surface area contributed by atoms with Crippen LogP contribution in [0.2, 0.25) is 0 Å². The molecule has 1 fully saturated rings. The van der Waals surface area contributed by atoms with Crippen LogP contribution >= 0.6 is 22.6 Å². The van der Waals surface area contributed by atoms with Crippen molar-refractivity contribution in [1.82, 2.24) is 5.32 Å². The van der Waals surface area contributed by atoms with Crippen LogP contribution in [0, 0.1) is 9.49 Å². The van der Waals surface area contributed by atoms with Crippen LogP contribution < -0.4 is 5.32 Å². The standard InChI is InChI=1S/C17H26IN/c1-2-13-19-17(14-7-5-3-4-6-8-14)15-9-11-16(18)12-10-15/h9-12,14,17,19H,2-8,13H2,1H3. The molecule has 0 heterocycles. The second-order valence-corrected chi connectivity index (χ2v) is 6.98. The highest BCUT2D eigenvalue weighted by molar-refractivity contribution is 14.1. The van der Waals surface area contributed by atoms with E-state index in [2.05, 4.69) is 59.1 Å². The SMILES string of the molecule is CCCNC(c1ccc(I)cc1)C1CCCCCC1. The molecule has 1 aromatic rings. The molecule has 19 heavy (non-hydrogen) atoms. The molecule has 0 amide bonds. The fourth-order valence-electron chi connectivity index (χ4n) is 3.17. The van der Waals surface area contributed by atoms with Gasteiger partial charge in [-0.05, 0) is 72.0 Å². The zero-order valence-electron chi connectivity index (χ0n) is 12.0. The monoisotopic (exact) mass is 371 g/mol. The van der Waals surface area contributed by atoms with Crippen LogP contribution in [-0.4, -0.2) is 6.54 Å². The van der Waals surface area contributed by atoms with Gasteiger partial charge in [0.2, 0.25) is 0 Å². The Hall–Kier alpha value is -0.0900. The average Bonchev–Trinajstić information content (AvgIpc) is 2.70. The van der Waals surface area contributed by atoms with Crippen LogP contribution in [0.1, 0.15) is 63.5 Å². The minimum absolute atomic E-state index is 0.565. The van der Waals surface area contributed by atoms with E-state index in [1.807, 2.05) is 0 Å². The summed E-state index contributed by atoms with van der Waals surface area (Å²) in [7, 11) is 0. The maximum atomic E-state index is 3.80. The van der Waals surface area contributed by atoms with Gasteiger partial charge in [-0.2, -0.15) is 0 Å². The molecule has 2 rings (SSSR count). The molecule has 0 aromatic heterocycles. The molecule has 1 aliphatic rings. The Bertz CT molecular complexity index is 352. The maximum absolute atomic E-state index is 3.80. The van der Waals surface area contributed by atoms with E-state index in [1.54, 1.807) is 0 Å². The maximum Gasteiger partial charge on any atom is 0.0348 e. The molecule has 0 saturated heterocycles. The highest BCUT2D eigenvalue weighted by Crippen LogP contribution is 2.33. The molecule has 0 bridgehead atoms. The lowest BCUT2D eigenvalue weighted by Crippen LogP contribution is -2.29. The van der Waals surface area contributed by atoms with E-state index in [0.29, 0.717) is 6.04 Å². The molecule has 1 nitrogen and oxygen atoms in total. The van der Waals surface area contributed by atoms with Crippen LogP contribution in [0.4, 0.5) is 0 Å². The van der Waals surface area contributed by atoms with E-state index in [9.17, 15) is 0 Å². The highest BCUT2D eigenvalue weighted by Gasteiger charge is 2.23. The molecular weight excluding hydrogens is 345 g/mol. The van der Waals surface area contributed by atoms with Crippen molar-refractivity contribution in [2.75, 3.05) is 6.54 Å². The van der Waals surface area contributed by atoms with Gasteiger partial charge in [0.1, 0.15) is 0 Å². The first-order valence-electron chi connectivity index (χ1n) is 7.80. The molecule has 1 aliphatic carbocycles. The van der Waals surface area contributed by atoms with Crippen LogP contribution in [0.15, 0.2) is 24.3 Å². The summed E-state index contributed by atoms with van der Waals surface area (Å²) in [6, 6.07) is 9.69. The minimum atomic E-state index is 0.565. The molecular formula is C17H26IN. The van der Waals surface area contributed by atoms with Gasteiger partial charge in [-0.25, -0.2) is 0 Å². The summed E-state index contributed by atoms with van der Waals surface area (Å²) in [5, 5.41) is 3.80. The van der Waals surface area contributed by atoms with E-state index in [1.165, 1.54) is 54.1 Å². The minimum Gasteiger partial charge on any atom is -0.310 e. The van der Waals surface area contributed by atoms with Gasteiger partial charge in [0, 0.05) is 9.61 Å². The summed E-state index contributed by atoms with van der Waals surface area (Å²) in [5.74, 6) is 0.828. The molecule has 1 N–H and O–H groups in total. The summed E-state index contributed by atoms with van der Waals surface area (Å²) in [6.07, 6.45) is 9.71. The van der Waals surface area contributed by atoms with Crippen molar-refractivity contribution in [1.29, 1.82) is 0 Å². The van der Waals surface area contributed by atoms with Crippen LogP contribution in [0.25, 0.3) is 0 Å². The largest absolute Gasteiger partial charge is 0.310 e. The Kier molecular flexibility index (Phi) is 6.65. The van der Waals surface area contributed by atoms with E-state index >= 15 is 0 Å². The van der Waals surface area contributed by atoms with Crippen molar-refractivity contribution in [2.24, 2.45) is 5.92 Å². The molecule has 0 spiro atoms. The first-order valence-corrected chi connectivity index (χ1v) is 8.88. The van der Waals surface area contributed by atoms with Crippen molar-refractivity contribution in [3.05, 3.63) is 33.4 Å². The van der Waals surface area contributed by atoms with Crippen LogP contribution in [-0.2, 0) is 0 Å². The summed E-state index contributed by atoms with van der Waals surface area (Å²) < 4.78 is 1.33. The summed E-state index contributed by atoms with van der Waals surface area (Å²) in [5.41, 5.74) is 1.49. The van der Waals surface area contributed by atoms with Crippen molar-refractivity contribution >= 4 is 22.6 Å². The Morgan fingerprint density at radius 3 is 2.32 bits per heavy atom. The fourth-order valence-corrected chi connectivity index (χ4v) is 3.53. The average molecular weight is 371 g/mol. The topological polar surface area (TPSA) is 12.0 Å². The smallest absolute Gasteiger partial charge is 0.0348 e. The zero-order chi connectivity index (χ0) is 13.5. The first-order chi connectivity index (χ1) is 9.31. The lowest BCUT2D eigenvalue weighted by molar-refractivity contribution is 0.326. The Morgan fingerprint density at radius 2 is 1.74 bits per heavy atom. The fraction of sp³-hybridized carbons (Fsp3) is 0.647. The number of rotatable bonds is 5. The molecule has 2 heteroatoms. The Labute approximate surface area is 131 Å². The third-order valence-corrected chi connectivity index (χ3v) is 4.93. The normalized spacial score (nSPS) is 19.1. The molecule has 1 unspecified atom stereocenters. The number of halogens is 1. The predicted octanol–water partition coefficient (Wildman–Crippen LogP) is 5.30. The van der Waals surface area contributed by atoms with Gasteiger partial charge in [-0.1, -0.05) is 44.7 Å². The molecule has 1 saturated carbocycles. The number of nitrogens with one attached hydrogen (secondary N) is 1. The van der Waals surface area contributed by atoms with Crippen LogP contribution in [0.3, 0.4) is 0 Å². The van der Waals surface area contributed by atoms with Crippen molar-refractivity contribution < 1.29 is 0 Å². The zero-order valence-corrected chi connectivity index (χ0v) is 14.2. The highest BCUT2D eigenvalue weighted by atomic mass is 127. The lowest BCUT2D eigenvalue weighted by Gasteiger charge is -2.28. The van der Waals surface area contributed by atoms with E-state index in [-0.39, 0.29) is 0 Å². The van der Waals surface area contributed by atoms with Gasteiger partial charge in [0.15, 0.2) is 0 Å². The van der Waals surface area contributed by atoms with Gasteiger partial charge in [-0.3, -0.25) is 0 Å². The first kappa shape index (κ1) is 15.3. The van der Waals surface area contributed by atoms with E-state index < -0.39 is 0 Å². The summed E-state index contributed by atoms with van der Waals surface area (Å²) in [4.78, 5) is 0. The molecule has 1 atom stereocenters. The van der Waals surface area contributed by atoms with Crippen molar-refractivity contribution in [3.63, 3.8) is 0 Å². The molecule has 0 aliphatic heterocycles. The summed E-state index contributed by atoms with van der Waals surface area (Å²) >= 11 is 2.39. The third kappa shape index (κ3) is 4.75. The van der Waals surface area contributed by atoms with Crippen molar-refractivity contribution in [3.8, 4) is 0 Å². The molecule has 106 valence electrons. The predicted molar refractivity (Wildman–Crippen MR) is 91.4 cm³/mol. The number of hydrogen-bond acceptors (Lipinski definition) is 1. The van der Waals surface area contributed by atoms with Crippen molar-refractivity contribution in [2.45, 2.75) is 57.9 Å². The van der Waals surface area contributed by atoms with Gasteiger partial charge in [-0.15, -0.1) is 0 Å². The van der Waals surface area contributed by atoms with E-state index in [0.717, 1.165) is 12.5 Å². The third-order valence-electron chi connectivity index (χ3n) is 4.21. The Balaban J connectivity index is 2.11. The van der Waals surface area contributed by atoms with Gasteiger partial charge in [0.25, 0.3) is 0 Å². The second kappa shape index (κ2) is 8.25.